The number of nitrogens with one attached hydrogen (secondary N) is 2. The van der Waals surface area contributed by atoms with Crippen molar-refractivity contribution in [2.45, 2.75) is 44.7 Å². The van der Waals surface area contributed by atoms with Crippen LogP contribution in [0.1, 0.15) is 43.2 Å². The number of rotatable bonds is 5. The molecule has 4 heteroatoms. The molecule has 2 N–H and O–H groups in total. The van der Waals surface area contributed by atoms with Crippen LogP contribution in [0.15, 0.2) is 24.3 Å². The second kappa shape index (κ2) is 7.66. The summed E-state index contributed by atoms with van der Waals surface area (Å²) < 4.78 is 0. The highest BCUT2D eigenvalue weighted by atomic mass is 16.1. The molecule has 2 rings (SSSR count). The van der Waals surface area contributed by atoms with Gasteiger partial charge in [0, 0.05) is 19.0 Å². The van der Waals surface area contributed by atoms with Gasteiger partial charge >= 0.3 is 0 Å². The number of hydrogen-bond acceptors (Lipinski definition) is 3. The van der Waals surface area contributed by atoms with Crippen LogP contribution in [-0.4, -0.2) is 18.5 Å². The minimum atomic E-state index is 0.0988. The van der Waals surface area contributed by atoms with E-state index in [2.05, 4.69) is 16.7 Å². The summed E-state index contributed by atoms with van der Waals surface area (Å²) in [4.78, 5) is 11.8. The van der Waals surface area contributed by atoms with Crippen LogP contribution in [0.25, 0.3) is 0 Å². The van der Waals surface area contributed by atoms with Gasteiger partial charge in [-0.05, 0) is 43.5 Å². The van der Waals surface area contributed by atoms with Gasteiger partial charge in [0.05, 0.1) is 11.6 Å². The van der Waals surface area contributed by atoms with Gasteiger partial charge in [0.2, 0.25) is 5.91 Å². The van der Waals surface area contributed by atoms with Gasteiger partial charge in [-0.15, -0.1) is 0 Å². The molecule has 1 aromatic carbocycles. The van der Waals surface area contributed by atoms with Gasteiger partial charge < -0.3 is 10.6 Å². The van der Waals surface area contributed by atoms with Gasteiger partial charge in [-0.2, -0.15) is 5.26 Å². The van der Waals surface area contributed by atoms with Gasteiger partial charge in [-0.25, -0.2) is 0 Å². The number of carbonyl (C=O) groups is 1. The lowest BCUT2D eigenvalue weighted by Crippen LogP contribution is -2.35. The SMILES string of the molecule is N#Cc1ccc(CNC(=O)CCC2CCCCN2)cc1. The van der Waals surface area contributed by atoms with Crippen LogP contribution < -0.4 is 10.6 Å². The zero-order chi connectivity index (χ0) is 14.2. The molecule has 1 unspecified atom stereocenters. The smallest absolute Gasteiger partial charge is 0.220 e. The van der Waals surface area contributed by atoms with Gasteiger partial charge in [0.15, 0.2) is 0 Å². The van der Waals surface area contributed by atoms with E-state index in [4.69, 9.17) is 5.26 Å². The molecule has 0 aliphatic carbocycles. The number of amides is 1. The highest BCUT2D eigenvalue weighted by Gasteiger charge is 2.13. The summed E-state index contributed by atoms with van der Waals surface area (Å²) in [5.74, 6) is 0.0988. The molecule has 0 aromatic heterocycles. The Morgan fingerprint density at radius 3 is 2.80 bits per heavy atom. The first kappa shape index (κ1) is 14.5. The molecule has 0 bridgehead atoms. The topological polar surface area (TPSA) is 64.9 Å². The van der Waals surface area contributed by atoms with Crippen LogP contribution in [0.3, 0.4) is 0 Å². The highest BCUT2D eigenvalue weighted by molar-refractivity contribution is 5.75. The molecule has 0 saturated carbocycles. The first-order valence-electron chi connectivity index (χ1n) is 7.27. The van der Waals surface area contributed by atoms with Crippen molar-refractivity contribution >= 4 is 5.91 Å². The lowest BCUT2D eigenvalue weighted by molar-refractivity contribution is -0.121. The fourth-order valence-corrected chi connectivity index (χ4v) is 2.46. The van der Waals surface area contributed by atoms with E-state index < -0.39 is 0 Å². The summed E-state index contributed by atoms with van der Waals surface area (Å²) in [6.07, 6.45) is 5.20. The average molecular weight is 271 g/mol. The molecule has 1 aromatic rings. The monoisotopic (exact) mass is 271 g/mol. The van der Waals surface area contributed by atoms with Gasteiger partial charge in [0.1, 0.15) is 0 Å². The molecule has 1 saturated heterocycles. The Kier molecular flexibility index (Phi) is 5.57. The van der Waals surface area contributed by atoms with Crippen LogP contribution in [0.4, 0.5) is 0 Å². The molecule has 0 radical (unpaired) electrons. The van der Waals surface area contributed by atoms with Crippen molar-refractivity contribution in [2.75, 3.05) is 6.54 Å². The van der Waals surface area contributed by atoms with Crippen molar-refractivity contribution in [1.82, 2.24) is 10.6 Å². The Hall–Kier alpha value is -1.86. The van der Waals surface area contributed by atoms with Crippen LogP contribution in [-0.2, 0) is 11.3 Å². The van der Waals surface area contributed by atoms with E-state index >= 15 is 0 Å². The summed E-state index contributed by atoms with van der Waals surface area (Å²) in [6, 6.07) is 9.88. The maximum Gasteiger partial charge on any atom is 0.220 e. The number of hydrogen-bond donors (Lipinski definition) is 2. The van der Waals surface area contributed by atoms with E-state index in [9.17, 15) is 4.79 Å². The Bertz CT molecular complexity index is 469. The van der Waals surface area contributed by atoms with Gasteiger partial charge in [0.25, 0.3) is 0 Å². The maximum absolute atomic E-state index is 11.8. The molecule has 0 spiro atoms. The third-order valence-corrected chi connectivity index (χ3v) is 3.70. The normalized spacial score (nSPS) is 18.2. The molecule has 1 atom stereocenters. The van der Waals surface area contributed by atoms with Crippen LogP contribution in [0, 0.1) is 11.3 Å². The van der Waals surface area contributed by atoms with Crippen LogP contribution >= 0.6 is 0 Å². The molecule has 1 heterocycles. The highest BCUT2D eigenvalue weighted by Crippen LogP contribution is 2.11. The van der Waals surface area contributed by atoms with E-state index in [0.717, 1.165) is 18.5 Å². The lowest BCUT2D eigenvalue weighted by atomic mass is 10.0. The molecule has 1 amide bonds. The second-order valence-corrected chi connectivity index (χ2v) is 5.27. The standard InChI is InChI=1S/C16H21N3O/c17-11-13-4-6-14(7-5-13)12-19-16(20)9-8-15-3-1-2-10-18-15/h4-7,15,18H,1-3,8-10,12H2,(H,19,20). The molecule has 106 valence electrons. The van der Waals surface area contributed by atoms with Crippen molar-refractivity contribution in [3.05, 3.63) is 35.4 Å². The minimum Gasteiger partial charge on any atom is -0.352 e. The Morgan fingerprint density at radius 2 is 2.15 bits per heavy atom. The molecular formula is C16H21N3O. The summed E-state index contributed by atoms with van der Waals surface area (Å²) in [7, 11) is 0. The molecule has 1 fully saturated rings. The zero-order valence-electron chi connectivity index (χ0n) is 11.7. The van der Waals surface area contributed by atoms with Crippen molar-refractivity contribution in [3.8, 4) is 6.07 Å². The van der Waals surface area contributed by atoms with Gasteiger partial charge in [-0.3, -0.25) is 4.79 Å². The fraction of sp³-hybridized carbons (Fsp3) is 0.500. The number of nitrogens with zero attached hydrogens (tertiary/aromatic N) is 1. The molecular weight excluding hydrogens is 250 g/mol. The van der Waals surface area contributed by atoms with Crippen molar-refractivity contribution in [2.24, 2.45) is 0 Å². The maximum atomic E-state index is 11.8. The number of benzene rings is 1. The minimum absolute atomic E-state index is 0.0988. The van der Waals surface area contributed by atoms with E-state index in [-0.39, 0.29) is 5.91 Å². The summed E-state index contributed by atoms with van der Waals surface area (Å²) in [6.45, 7) is 1.61. The number of nitriles is 1. The van der Waals surface area contributed by atoms with E-state index in [1.54, 1.807) is 12.1 Å². The second-order valence-electron chi connectivity index (χ2n) is 5.27. The van der Waals surface area contributed by atoms with Crippen molar-refractivity contribution < 1.29 is 4.79 Å². The molecule has 20 heavy (non-hydrogen) atoms. The lowest BCUT2D eigenvalue weighted by Gasteiger charge is -2.23. The molecule has 1 aliphatic rings. The summed E-state index contributed by atoms with van der Waals surface area (Å²) >= 11 is 0. The summed E-state index contributed by atoms with van der Waals surface area (Å²) in [5.41, 5.74) is 1.66. The number of piperidine rings is 1. The average Bonchev–Trinajstić information content (AvgIpc) is 2.52. The largest absolute Gasteiger partial charge is 0.352 e. The van der Waals surface area contributed by atoms with Crippen molar-refractivity contribution in [3.63, 3.8) is 0 Å². The Morgan fingerprint density at radius 1 is 1.35 bits per heavy atom. The predicted octanol–water partition coefficient (Wildman–Crippen LogP) is 2.10. The van der Waals surface area contributed by atoms with Crippen LogP contribution in [0.2, 0.25) is 0 Å². The molecule has 4 nitrogen and oxygen atoms in total. The van der Waals surface area contributed by atoms with Gasteiger partial charge in [-0.1, -0.05) is 18.6 Å². The predicted molar refractivity (Wildman–Crippen MR) is 77.9 cm³/mol. The Balaban J connectivity index is 1.67. The van der Waals surface area contributed by atoms with Crippen LogP contribution in [0.5, 0.6) is 0 Å². The summed E-state index contributed by atoms with van der Waals surface area (Å²) in [5, 5.41) is 15.1. The zero-order valence-corrected chi connectivity index (χ0v) is 11.7. The first-order chi connectivity index (χ1) is 9.78. The third-order valence-electron chi connectivity index (χ3n) is 3.70. The van der Waals surface area contributed by atoms with E-state index in [1.807, 2.05) is 12.1 Å². The quantitative estimate of drug-likeness (QED) is 0.862. The van der Waals surface area contributed by atoms with E-state index in [0.29, 0.717) is 24.6 Å². The Labute approximate surface area is 120 Å². The number of carbonyl (C=O) groups excluding carboxylic acids is 1. The molecule has 1 aliphatic heterocycles. The van der Waals surface area contributed by atoms with E-state index in [1.165, 1.54) is 19.3 Å². The first-order valence-corrected chi connectivity index (χ1v) is 7.27. The van der Waals surface area contributed by atoms with Crippen molar-refractivity contribution in [1.29, 1.82) is 5.26 Å². The third kappa shape index (κ3) is 4.67. The fourth-order valence-electron chi connectivity index (χ4n) is 2.46.